The molecule has 142 valence electrons. The molecule has 0 aromatic heterocycles. The molecule has 2 saturated heterocycles. The molecule has 1 unspecified atom stereocenters. The monoisotopic (exact) mass is 396 g/mol. The number of amides is 1. The number of nitrogens with zero attached hydrogens (tertiary/aromatic N) is 2. The highest BCUT2D eigenvalue weighted by atomic mass is 35.5. The fraction of sp³-hybridized carbons (Fsp3) is 0.632. The second-order valence-corrected chi connectivity index (χ2v) is 10.5. The molecule has 2 heterocycles. The highest BCUT2D eigenvalue weighted by Crippen LogP contribution is 2.46. The molecule has 3 fully saturated rings. The lowest BCUT2D eigenvalue weighted by Gasteiger charge is -2.46. The summed E-state index contributed by atoms with van der Waals surface area (Å²) >= 11 is 6.16. The number of halogens is 1. The molecule has 1 atom stereocenters. The summed E-state index contributed by atoms with van der Waals surface area (Å²) in [5, 5.41) is 0.675. The lowest BCUT2D eigenvalue weighted by molar-refractivity contribution is -0.143. The van der Waals surface area contributed by atoms with E-state index in [0.717, 1.165) is 44.3 Å². The van der Waals surface area contributed by atoms with Crippen molar-refractivity contribution in [1.29, 1.82) is 0 Å². The summed E-state index contributed by atoms with van der Waals surface area (Å²) in [6, 6.07) is 7.84. The number of sulfone groups is 1. The highest BCUT2D eigenvalue weighted by molar-refractivity contribution is 7.91. The van der Waals surface area contributed by atoms with Crippen molar-refractivity contribution in [3.63, 3.8) is 0 Å². The van der Waals surface area contributed by atoms with Crippen LogP contribution in [-0.2, 0) is 20.0 Å². The molecule has 1 saturated carbocycles. The summed E-state index contributed by atoms with van der Waals surface area (Å²) in [5.41, 5.74) is 0.620. The zero-order valence-electron chi connectivity index (χ0n) is 14.9. The molecule has 1 aromatic carbocycles. The molecule has 26 heavy (non-hydrogen) atoms. The lowest BCUT2D eigenvalue weighted by atomic mass is 9.63. The maximum absolute atomic E-state index is 13.3. The van der Waals surface area contributed by atoms with Gasteiger partial charge in [0.25, 0.3) is 0 Å². The smallest absolute Gasteiger partial charge is 0.233 e. The summed E-state index contributed by atoms with van der Waals surface area (Å²) in [4.78, 5) is 17.5. The van der Waals surface area contributed by atoms with E-state index in [1.54, 1.807) is 0 Å². The van der Waals surface area contributed by atoms with E-state index >= 15 is 0 Å². The predicted molar refractivity (Wildman–Crippen MR) is 102 cm³/mol. The molecule has 3 aliphatic rings. The van der Waals surface area contributed by atoms with E-state index in [0.29, 0.717) is 23.9 Å². The first kappa shape index (κ1) is 18.3. The minimum atomic E-state index is -2.87. The molecule has 0 N–H and O–H groups in total. The number of benzene rings is 1. The zero-order valence-corrected chi connectivity index (χ0v) is 16.4. The van der Waals surface area contributed by atoms with Gasteiger partial charge in [0, 0.05) is 37.2 Å². The quantitative estimate of drug-likeness (QED) is 0.785. The van der Waals surface area contributed by atoms with E-state index in [2.05, 4.69) is 4.90 Å². The largest absolute Gasteiger partial charge is 0.339 e. The SMILES string of the molecule is O=C(N1CCN(C2CCS(=O)(=O)C2)CC1)C1(c2cccc(Cl)c2)CCC1. The van der Waals surface area contributed by atoms with E-state index in [1.807, 2.05) is 29.2 Å². The van der Waals surface area contributed by atoms with Crippen LogP contribution in [-0.4, -0.2) is 67.9 Å². The van der Waals surface area contributed by atoms with Gasteiger partial charge in [0.2, 0.25) is 5.91 Å². The van der Waals surface area contributed by atoms with Gasteiger partial charge in [0.05, 0.1) is 16.9 Å². The third kappa shape index (κ3) is 3.27. The van der Waals surface area contributed by atoms with Gasteiger partial charge in [-0.2, -0.15) is 0 Å². The van der Waals surface area contributed by atoms with E-state index < -0.39 is 15.3 Å². The van der Waals surface area contributed by atoms with Crippen LogP contribution < -0.4 is 0 Å². The molecule has 1 aliphatic carbocycles. The zero-order chi connectivity index (χ0) is 18.4. The van der Waals surface area contributed by atoms with Crippen molar-refractivity contribution in [2.45, 2.75) is 37.1 Å². The molecule has 5 nitrogen and oxygen atoms in total. The van der Waals surface area contributed by atoms with Gasteiger partial charge < -0.3 is 4.90 Å². The van der Waals surface area contributed by atoms with Crippen molar-refractivity contribution in [3.8, 4) is 0 Å². The van der Waals surface area contributed by atoms with Crippen LogP contribution in [0, 0.1) is 0 Å². The van der Waals surface area contributed by atoms with E-state index in [9.17, 15) is 13.2 Å². The summed E-state index contributed by atoms with van der Waals surface area (Å²) in [6.07, 6.45) is 3.56. The van der Waals surface area contributed by atoms with Crippen LogP contribution in [0.4, 0.5) is 0 Å². The predicted octanol–water partition coefficient (Wildman–Crippen LogP) is 2.09. The Kier molecular flexibility index (Phi) is 4.78. The van der Waals surface area contributed by atoms with E-state index in [4.69, 9.17) is 11.6 Å². The van der Waals surface area contributed by atoms with Gasteiger partial charge in [-0.1, -0.05) is 30.2 Å². The second-order valence-electron chi connectivity index (χ2n) is 7.83. The summed E-state index contributed by atoms with van der Waals surface area (Å²) < 4.78 is 23.4. The summed E-state index contributed by atoms with van der Waals surface area (Å²) in [7, 11) is -2.87. The molecule has 4 rings (SSSR count). The molecular weight excluding hydrogens is 372 g/mol. The first-order chi connectivity index (χ1) is 12.4. The Morgan fingerprint density at radius 1 is 1.15 bits per heavy atom. The molecule has 0 spiro atoms. The Balaban J connectivity index is 1.43. The Labute approximate surface area is 160 Å². The first-order valence-corrected chi connectivity index (χ1v) is 11.6. The second kappa shape index (κ2) is 6.80. The third-order valence-electron chi connectivity index (χ3n) is 6.32. The fourth-order valence-electron chi connectivity index (χ4n) is 4.60. The van der Waals surface area contributed by atoms with Crippen LogP contribution >= 0.6 is 11.6 Å². The Hall–Kier alpha value is -1.11. The standard InChI is InChI=1S/C19H25ClN2O3S/c20-16-4-1-3-15(13-16)19(6-2-7-19)18(23)22-10-8-21(9-11-22)17-5-12-26(24,25)14-17/h1,3-4,13,17H,2,5-12,14H2. The number of carbonyl (C=O) groups excluding carboxylic acids is 1. The van der Waals surface area contributed by atoms with Gasteiger partial charge in [0.15, 0.2) is 9.84 Å². The van der Waals surface area contributed by atoms with Gasteiger partial charge in [-0.3, -0.25) is 9.69 Å². The van der Waals surface area contributed by atoms with Crippen LogP contribution in [0.15, 0.2) is 24.3 Å². The number of rotatable bonds is 3. The lowest BCUT2D eigenvalue weighted by Crippen LogP contribution is -2.58. The van der Waals surface area contributed by atoms with Crippen molar-refractivity contribution >= 4 is 27.3 Å². The number of hydrogen-bond acceptors (Lipinski definition) is 4. The maximum atomic E-state index is 13.3. The van der Waals surface area contributed by atoms with Gasteiger partial charge >= 0.3 is 0 Å². The minimum Gasteiger partial charge on any atom is -0.339 e. The van der Waals surface area contributed by atoms with E-state index in [-0.39, 0.29) is 17.7 Å². The van der Waals surface area contributed by atoms with Crippen molar-refractivity contribution in [1.82, 2.24) is 9.80 Å². The van der Waals surface area contributed by atoms with Crippen molar-refractivity contribution in [2.75, 3.05) is 37.7 Å². The third-order valence-corrected chi connectivity index (χ3v) is 8.31. The normalized spacial score (nSPS) is 27.9. The van der Waals surface area contributed by atoms with Crippen LogP contribution in [0.2, 0.25) is 5.02 Å². The van der Waals surface area contributed by atoms with Crippen molar-refractivity contribution in [2.24, 2.45) is 0 Å². The van der Waals surface area contributed by atoms with Crippen molar-refractivity contribution < 1.29 is 13.2 Å². The minimum absolute atomic E-state index is 0.128. The summed E-state index contributed by atoms with van der Waals surface area (Å²) in [6.45, 7) is 2.88. The van der Waals surface area contributed by atoms with E-state index in [1.165, 1.54) is 0 Å². The van der Waals surface area contributed by atoms with Gasteiger partial charge in [0.1, 0.15) is 0 Å². The summed E-state index contributed by atoms with van der Waals surface area (Å²) in [5.74, 6) is 0.784. The molecule has 0 radical (unpaired) electrons. The topological polar surface area (TPSA) is 57.7 Å². The molecule has 1 aromatic rings. The van der Waals surface area contributed by atoms with Crippen LogP contribution in [0.3, 0.4) is 0 Å². The Morgan fingerprint density at radius 3 is 2.42 bits per heavy atom. The average molecular weight is 397 g/mol. The molecular formula is C19H25ClN2O3S. The van der Waals surface area contributed by atoms with Crippen LogP contribution in [0.25, 0.3) is 0 Å². The molecule has 1 amide bonds. The highest BCUT2D eigenvalue weighted by Gasteiger charge is 2.48. The Bertz CT molecular complexity index is 799. The molecule has 7 heteroatoms. The van der Waals surface area contributed by atoms with Gasteiger partial charge in [-0.15, -0.1) is 0 Å². The van der Waals surface area contributed by atoms with Crippen LogP contribution in [0.1, 0.15) is 31.2 Å². The van der Waals surface area contributed by atoms with Crippen LogP contribution in [0.5, 0.6) is 0 Å². The Morgan fingerprint density at radius 2 is 1.88 bits per heavy atom. The fourth-order valence-corrected chi connectivity index (χ4v) is 6.55. The maximum Gasteiger partial charge on any atom is 0.233 e. The van der Waals surface area contributed by atoms with Gasteiger partial charge in [-0.05, 0) is 37.0 Å². The molecule has 2 aliphatic heterocycles. The van der Waals surface area contributed by atoms with Crippen molar-refractivity contribution in [3.05, 3.63) is 34.9 Å². The first-order valence-electron chi connectivity index (χ1n) is 9.40. The number of piperazine rings is 1. The average Bonchev–Trinajstić information content (AvgIpc) is 2.94. The number of hydrogen-bond donors (Lipinski definition) is 0. The molecule has 0 bridgehead atoms. The number of carbonyl (C=O) groups is 1. The van der Waals surface area contributed by atoms with Gasteiger partial charge in [-0.25, -0.2) is 8.42 Å².